The van der Waals surface area contributed by atoms with Crippen molar-refractivity contribution in [3.63, 3.8) is 0 Å². The number of carbonyl (C=O) groups excluding carboxylic acids is 1. The first-order valence-corrected chi connectivity index (χ1v) is 22.3. The first-order valence-electron chi connectivity index (χ1n) is 22.3. The van der Waals surface area contributed by atoms with E-state index in [1.807, 2.05) is 26.1 Å². The van der Waals surface area contributed by atoms with Gasteiger partial charge in [-0.2, -0.15) is 0 Å². The normalized spacial score (nSPS) is 31.1. The second-order valence-electron chi connectivity index (χ2n) is 18.2. The van der Waals surface area contributed by atoms with Crippen LogP contribution in [-0.4, -0.2) is 90.5 Å². The Morgan fingerprint density at radius 3 is 2.66 bits per heavy atom. The van der Waals surface area contributed by atoms with Crippen molar-refractivity contribution in [1.82, 2.24) is 10.6 Å². The molecule has 0 amide bonds. The predicted octanol–water partition coefficient (Wildman–Crippen LogP) is 7.90. The monoisotopic (exact) mass is 803 g/mol. The lowest BCUT2D eigenvalue weighted by molar-refractivity contribution is -0.181. The number of hydrogen-bond acceptors (Lipinski definition) is 8. The Kier molecular flexibility index (Phi) is 18.8. The van der Waals surface area contributed by atoms with Gasteiger partial charge in [0.25, 0.3) is 0 Å². The molecule has 0 saturated heterocycles. The number of benzene rings is 1. The van der Waals surface area contributed by atoms with E-state index in [4.69, 9.17) is 4.74 Å². The summed E-state index contributed by atoms with van der Waals surface area (Å²) in [6.07, 6.45) is 18.5. The summed E-state index contributed by atoms with van der Waals surface area (Å²) < 4.78 is 5.47. The standard InChI is InChI=1S/C50H78N2O6/c1-8-9-10-19-46(55)43(44-23-25-50(47(44)56)45(18-13-29-53)42(38(4)35-54)22-24-49(50,57)26-28-51-6)17-11-14-37(3)41-21-20-36(2)34-52-48(5,27-30-58-7)33-40-16-12-15-39(31-40)32-41/h11-12,14-17,20,31,35,41,44-47,51-53,55-57H,3,8-10,13,18-19,21-30,32-34H2,1-2,4-7H3/t41-,44+,45-,46+,47+,48-,49-,50+/m0/s1. The molecule has 1 heterocycles. The van der Waals surface area contributed by atoms with Crippen LogP contribution in [0.25, 0.3) is 0 Å². The highest BCUT2D eigenvalue weighted by Gasteiger charge is 2.65. The second kappa shape index (κ2) is 22.8. The van der Waals surface area contributed by atoms with Gasteiger partial charge in [-0.25, -0.2) is 0 Å². The Balaban J connectivity index is 1.70. The molecule has 1 aromatic carbocycles. The maximum absolute atomic E-state index is 12.8. The minimum Gasteiger partial charge on any atom is -0.396 e. The van der Waals surface area contributed by atoms with E-state index in [2.05, 4.69) is 74.4 Å². The van der Waals surface area contributed by atoms with E-state index >= 15 is 0 Å². The van der Waals surface area contributed by atoms with Crippen molar-refractivity contribution in [2.24, 2.45) is 23.2 Å². The van der Waals surface area contributed by atoms with E-state index in [1.165, 1.54) is 16.7 Å². The molecule has 8 atom stereocenters. The van der Waals surface area contributed by atoms with Gasteiger partial charge in [0.2, 0.25) is 0 Å². The zero-order chi connectivity index (χ0) is 42.3. The lowest BCUT2D eigenvalue weighted by Gasteiger charge is -2.57. The average molecular weight is 803 g/mol. The maximum atomic E-state index is 12.8. The summed E-state index contributed by atoms with van der Waals surface area (Å²) in [6.45, 7) is 15.2. The van der Waals surface area contributed by atoms with Crippen LogP contribution in [0.15, 0.2) is 83.0 Å². The van der Waals surface area contributed by atoms with Crippen molar-refractivity contribution in [1.29, 1.82) is 0 Å². The number of nitrogens with one attached hydrogen (secondary N) is 2. The second-order valence-corrected chi connectivity index (χ2v) is 18.2. The summed E-state index contributed by atoms with van der Waals surface area (Å²) in [5, 5.41) is 54.5. The Hall–Kier alpha value is -2.69. The highest BCUT2D eigenvalue weighted by molar-refractivity contribution is 5.74. The first kappa shape index (κ1) is 48.0. The minimum atomic E-state index is -1.19. The predicted molar refractivity (Wildman–Crippen MR) is 238 cm³/mol. The third-order valence-electron chi connectivity index (χ3n) is 14.1. The summed E-state index contributed by atoms with van der Waals surface area (Å²) in [5.74, 6) is -0.463. The van der Waals surface area contributed by atoms with Crippen LogP contribution in [0.3, 0.4) is 0 Å². The highest BCUT2D eigenvalue weighted by Crippen LogP contribution is 2.64. The van der Waals surface area contributed by atoms with Crippen molar-refractivity contribution in [3.8, 4) is 0 Å². The smallest absolute Gasteiger partial charge is 0.145 e. The van der Waals surface area contributed by atoms with Crippen LogP contribution in [0, 0.1) is 23.2 Å². The van der Waals surface area contributed by atoms with Crippen molar-refractivity contribution in [2.75, 3.05) is 40.5 Å². The number of rotatable bonds is 19. The number of aldehydes is 1. The van der Waals surface area contributed by atoms with E-state index < -0.39 is 23.2 Å². The fourth-order valence-electron chi connectivity index (χ4n) is 10.6. The molecule has 1 aromatic rings. The van der Waals surface area contributed by atoms with Crippen LogP contribution in [0.2, 0.25) is 0 Å². The average Bonchev–Trinajstić information content (AvgIpc) is 3.55. The summed E-state index contributed by atoms with van der Waals surface area (Å²) in [4.78, 5) is 12.2. The zero-order valence-electron chi connectivity index (χ0n) is 36.8. The molecule has 0 unspecified atom stereocenters. The Morgan fingerprint density at radius 2 is 1.95 bits per heavy atom. The summed E-state index contributed by atoms with van der Waals surface area (Å²) in [5.41, 5.74) is 5.16. The van der Waals surface area contributed by atoms with Gasteiger partial charge in [-0.1, -0.05) is 98.1 Å². The van der Waals surface area contributed by atoms with Crippen LogP contribution in [-0.2, 0) is 22.4 Å². The first-order chi connectivity index (χ1) is 27.8. The third-order valence-corrected chi connectivity index (χ3v) is 14.1. The largest absolute Gasteiger partial charge is 0.396 e. The molecular weight excluding hydrogens is 725 g/mol. The molecule has 6 N–H and O–H groups in total. The molecule has 2 aliphatic carbocycles. The van der Waals surface area contributed by atoms with E-state index in [1.54, 1.807) is 7.11 Å². The molecule has 58 heavy (non-hydrogen) atoms. The molecule has 2 saturated carbocycles. The summed E-state index contributed by atoms with van der Waals surface area (Å²) in [7, 11) is 3.64. The van der Waals surface area contributed by atoms with Crippen molar-refractivity contribution in [2.45, 2.75) is 147 Å². The SMILES string of the molecule is C=C(C=CC=C([C@H](O)CCCCC)[C@H]1CC[C@]2([C@@H]1O)[C@@H](CCCO)C(=C(C)C=O)CC[C@]2(O)CCNC)[C@H]1CC=C(C)CN[C@@](C)(CCOC)Cc2cccc(c2)C1. The van der Waals surface area contributed by atoms with Crippen molar-refractivity contribution < 1.29 is 30.0 Å². The number of methoxy groups -OCH3 is 1. The Labute approximate surface area is 351 Å². The quantitative estimate of drug-likeness (QED) is 0.0274. The lowest BCUT2D eigenvalue weighted by atomic mass is 9.51. The molecular formula is C50H78N2O6. The number of ether oxygens (including phenoxy) is 1. The van der Waals surface area contributed by atoms with Gasteiger partial charge >= 0.3 is 0 Å². The molecule has 2 fully saturated rings. The zero-order valence-corrected chi connectivity index (χ0v) is 36.8. The van der Waals surface area contributed by atoms with Gasteiger partial charge in [0, 0.05) is 43.7 Å². The van der Waals surface area contributed by atoms with Gasteiger partial charge in [-0.15, -0.1) is 0 Å². The molecule has 8 heteroatoms. The molecule has 4 rings (SSSR count). The van der Waals surface area contributed by atoms with Crippen LogP contribution in [0.5, 0.6) is 0 Å². The molecule has 324 valence electrons. The highest BCUT2D eigenvalue weighted by atomic mass is 16.5. The van der Waals surface area contributed by atoms with Crippen molar-refractivity contribution in [3.05, 3.63) is 94.1 Å². The third kappa shape index (κ3) is 11.8. The number of hydrogen-bond donors (Lipinski definition) is 6. The fourth-order valence-corrected chi connectivity index (χ4v) is 10.6. The van der Waals surface area contributed by atoms with Gasteiger partial charge in [-0.3, -0.25) is 4.79 Å². The number of unbranched alkanes of at least 4 members (excludes halogenated alkanes) is 2. The molecule has 1 aliphatic heterocycles. The number of aliphatic hydroxyl groups is 4. The minimum absolute atomic E-state index is 0.00254. The van der Waals surface area contributed by atoms with Crippen LogP contribution in [0.1, 0.15) is 122 Å². The van der Waals surface area contributed by atoms with Crippen LogP contribution in [0.4, 0.5) is 0 Å². The van der Waals surface area contributed by atoms with Gasteiger partial charge in [0.05, 0.1) is 17.8 Å². The van der Waals surface area contributed by atoms with Gasteiger partial charge in [-0.05, 0) is 146 Å². The summed E-state index contributed by atoms with van der Waals surface area (Å²) >= 11 is 0. The van der Waals surface area contributed by atoms with Crippen LogP contribution < -0.4 is 10.6 Å². The van der Waals surface area contributed by atoms with E-state index in [9.17, 15) is 25.2 Å². The van der Waals surface area contributed by atoms with Gasteiger partial charge in [0.1, 0.15) is 6.29 Å². The van der Waals surface area contributed by atoms with Gasteiger partial charge in [0.15, 0.2) is 0 Å². The fraction of sp³-hybridized carbons (Fsp3) is 0.660. The molecule has 3 aliphatic rings. The molecule has 0 radical (unpaired) electrons. The van der Waals surface area contributed by atoms with Crippen molar-refractivity contribution >= 4 is 6.29 Å². The molecule has 0 aromatic heterocycles. The summed E-state index contributed by atoms with van der Waals surface area (Å²) in [6, 6.07) is 8.94. The molecule has 2 bridgehead atoms. The maximum Gasteiger partial charge on any atom is 0.145 e. The van der Waals surface area contributed by atoms with E-state index in [0.717, 1.165) is 74.5 Å². The Bertz CT molecular complexity index is 1610. The van der Waals surface area contributed by atoms with E-state index in [-0.39, 0.29) is 29.9 Å². The lowest BCUT2D eigenvalue weighted by Crippen LogP contribution is -2.61. The molecule has 1 spiro atoms. The van der Waals surface area contributed by atoms with E-state index in [0.29, 0.717) is 70.1 Å². The number of carbonyl (C=O) groups is 1. The number of allylic oxidation sites excluding steroid dienone is 7. The molecule has 8 nitrogen and oxygen atoms in total. The topological polar surface area (TPSA) is 131 Å². The van der Waals surface area contributed by atoms with Crippen LogP contribution >= 0.6 is 0 Å². The number of aliphatic hydroxyl groups excluding tert-OH is 3. The van der Waals surface area contributed by atoms with Gasteiger partial charge < -0.3 is 35.8 Å². The number of fused-ring (bicyclic) bond motifs is 2. The Morgan fingerprint density at radius 1 is 1.17 bits per heavy atom.